The summed E-state index contributed by atoms with van der Waals surface area (Å²) in [6.45, 7) is 2.13. The van der Waals surface area contributed by atoms with Crippen molar-refractivity contribution in [3.8, 4) is 79.0 Å². The van der Waals surface area contributed by atoms with Crippen molar-refractivity contribution in [1.29, 1.82) is 0 Å². The van der Waals surface area contributed by atoms with Crippen LogP contribution in [0.4, 0.5) is 0 Å². The molecule has 0 atom stereocenters. The molecule has 13 heteroatoms. The second kappa shape index (κ2) is 16.6. The van der Waals surface area contributed by atoms with Gasteiger partial charge in [0.25, 0.3) is 0 Å². The highest BCUT2D eigenvalue weighted by atomic mass is 16.3. The summed E-state index contributed by atoms with van der Waals surface area (Å²) < 4.78 is 17.3. The van der Waals surface area contributed by atoms with Gasteiger partial charge in [0.1, 0.15) is 34.9 Å². The van der Waals surface area contributed by atoms with Crippen molar-refractivity contribution in [3.05, 3.63) is 200 Å². The fraction of sp³-hybridized carbons (Fsp3) is 0.0635. The van der Waals surface area contributed by atoms with Crippen LogP contribution in [0.5, 0.6) is 0 Å². The Morgan fingerprint density at radius 3 is 1.72 bits per heavy atom. The molecule has 0 amide bonds. The van der Waals surface area contributed by atoms with Gasteiger partial charge in [0.2, 0.25) is 0 Å². The van der Waals surface area contributed by atoms with Gasteiger partial charge in [-0.05, 0) is 133 Å². The molecule has 0 aliphatic heterocycles. The molecule has 0 unspecified atom stereocenters. The lowest BCUT2D eigenvalue weighted by Crippen LogP contribution is -2.01. The second-order valence-electron chi connectivity index (χ2n) is 19.5. The zero-order chi connectivity index (χ0) is 50.8. The average Bonchev–Trinajstić information content (AvgIpc) is 4.38. The maximum atomic E-state index is 6.55. The maximum Gasteiger partial charge on any atom is 0.163 e. The van der Waals surface area contributed by atoms with Crippen LogP contribution in [0.1, 0.15) is 5.69 Å². The van der Waals surface area contributed by atoms with E-state index in [-0.39, 0.29) is 0 Å². The lowest BCUT2D eigenvalue weighted by Gasteiger charge is -2.15. The van der Waals surface area contributed by atoms with Gasteiger partial charge in [-0.15, -0.1) is 20.4 Å². The molecular weight excluding hydrogens is 941 g/mol. The van der Waals surface area contributed by atoms with Crippen molar-refractivity contribution in [3.63, 3.8) is 0 Å². The molecule has 13 nitrogen and oxygen atoms in total. The van der Waals surface area contributed by atoms with Crippen LogP contribution in [0, 0.1) is 6.92 Å². The summed E-state index contributed by atoms with van der Waals surface area (Å²) >= 11 is 0. The smallest absolute Gasteiger partial charge is 0.163 e. The maximum absolute atomic E-state index is 6.55. The highest BCUT2D eigenvalue weighted by Crippen LogP contribution is 2.41. The van der Waals surface area contributed by atoms with Crippen molar-refractivity contribution in [2.45, 2.75) is 6.92 Å². The van der Waals surface area contributed by atoms with E-state index in [0.717, 1.165) is 145 Å². The molecule has 0 saturated heterocycles. The Morgan fingerprint density at radius 2 is 1.03 bits per heavy atom. The van der Waals surface area contributed by atoms with Crippen molar-refractivity contribution < 1.29 is 4.42 Å². The van der Waals surface area contributed by atoms with Crippen LogP contribution in [-0.2, 0) is 21.1 Å². The van der Waals surface area contributed by atoms with E-state index in [1.54, 1.807) is 12.7 Å². The van der Waals surface area contributed by atoms with Crippen LogP contribution < -0.4 is 0 Å². The number of nitrogens with zero attached hydrogens (tertiary/aromatic N) is 12. The molecule has 0 N–H and O–H groups in total. The molecule has 0 radical (unpaired) electrons. The molecule has 9 heterocycles. The lowest BCUT2D eigenvalue weighted by molar-refractivity contribution is 0.669. The molecular formula is C63H44N12O. The SMILES string of the molecule is Cc1ccc(-c2ccccc2-n2c3ccc(-c4cccc(-c5nncn5C)c4)nc3c3nc(-c4ccc5oc6ccc(-n7c8ccc(-c9cccc(-c%10nncn%10C)c9)cc8c8ncccc87)cc6c5c4)ccc32)n1C. The largest absolute Gasteiger partial charge is 0.456 e. The first-order chi connectivity index (χ1) is 37.3. The standard InChI is InChI=1S/C63H44N12O/c1-37-17-23-51(73(37)4)45-14-5-6-15-52(45)75-55-25-21-49(40-11-8-13-43(31-40)63-70-66-36-72(63)3)67-60(55)61-56(75)26-22-50(68-61)41-19-27-57-46(33-41)47-34-44(20-28-58(47)76-57)74-53-24-18-39(32-48(53)59-54(74)16-9-29-64-59)38-10-7-12-42(30-38)62-69-65-35-71(62)2/h5-36H,1-4H3. The van der Waals surface area contributed by atoms with Gasteiger partial charge < -0.3 is 27.3 Å². The van der Waals surface area contributed by atoms with Crippen LogP contribution in [-0.4, -0.2) is 58.2 Å². The molecule has 15 aromatic rings. The number of hydrogen-bond donors (Lipinski definition) is 0. The van der Waals surface area contributed by atoms with Gasteiger partial charge in [-0.1, -0.05) is 60.7 Å². The molecule has 0 fully saturated rings. The van der Waals surface area contributed by atoms with Gasteiger partial charge in [-0.25, -0.2) is 9.97 Å². The third-order valence-corrected chi connectivity index (χ3v) is 15.1. The van der Waals surface area contributed by atoms with E-state index in [9.17, 15) is 0 Å². The fourth-order valence-corrected chi connectivity index (χ4v) is 11.2. The minimum Gasteiger partial charge on any atom is -0.456 e. The first-order valence-corrected chi connectivity index (χ1v) is 25.1. The molecule has 0 aliphatic rings. The monoisotopic (exact) mass is 984 g/mol. The minimum atomic E-state index is 0.786. The van der Waals surface area contributed by atoms with Crippen LogP contribution >= 0.6 is 0 Å². The molecule has 9 aromatic heterocycles. The number of rotatable bonds is 8. The predicted octanol–water partition coefficient (Wildman–Crippen LogP) is 13.9. The topological polar surface area (TPSA) is 128 Å². The normalized spacial score (nSPS) is 11.9. The molecule has 15 rings (SSSR count). The number of aromatic nitrogens is 12. The van der Waals surface area contributed by atoms with Crippen LogP contribution in [0.25, 0.3) is 145 Å². The molecule has 0 aliphatic carbocycles. The predicted molar refractivity (Wildman–Crippen MR) is 301 cm³/mol. The van der Waals surface area contributed by atoms with Crippen LogP contribution in [0.3, 0.4) is 0 Å². The third kappa shape index (κ3) is 6.68. The van der Waals surface area contributed by atoms with E-state index < -0.39 is 0 Å². The highest BCUT2D eigenvalue weighted by Gasteiger charge is 2.22. The summed E-state index contributed by atoms with van der Waals surface area (Å²) in [5.74, 6) is 1.60. The number of fused-ring (bicyclic) bond motifs is 9. The molecule has 76 heavy (non-hydrogen) atoms. The van der Waals surface area contributed by atoms with Crippen molar-refractivity contribution in [2.24, 2.45) is 21.1 Å². The highest BCUT2D eigenvalue weighted by molar-refractivity contribution is 6.11. The Kier molecular flexibility index (Phi) is 9.48. The first kappa shape index (κ1) is 43.3. The van der Waals surface area contributed by atoms with Crippen LogP contribution in [0.15, 0.2) is 199 Å². The summed E-state index contributed by atoms with van der Waals surface area (Å²) in [6.07, 6.45) is 5.30. The molecule has 0 bridgehead atoms. The molecule has 6 aromatic carbocycles. The van der Waals surface area contributed by atoms with E-state index in [2.05, 4.69) is 212 Å². The Morgan fingerprint density at radius 1 is 0.434 bits per heavy atom. The van der Waals surface area contributed by atoms with E-state index in [1.807, 2.05) is 41.6 Å². The van der Waals surface area contributed by atoms with E-state index in [4.69, 9.17) is 19.4 Å². The third-order valence-electron chi connectivity index (χ3n) is 15.1. The van der Waals surface area contributed by atoms with Gasteiger partial charge in [-0.2, -0.15) is 0 Å². The Bertz CT molecular complexity index is 4850. The Balaban J connectivity index is 0.869. The summed E-state index contributed by atoms with van der Waals surface area (Å²) in [7, 11) is 6.03. The minimum absolute atomic E-state index is 0.786. The van der Waals surface area contributed by atoms with Crippen molar-refractivity contribution >= 4 is 65.9 Å². The number of hydrogen-bond acceptors (Lipinski definition) is 8. The van der Waals surface area contributed by atoms with Crippen molar-refractivity contribution in [2.75, 3.05) is 0 Å². The molecule has 0 spiro atoms. The zero-order valence-electron chi connectivity index (χ0n) is 41.8. The summed E-state index contributed by atoms with van der Waals surface area (Å²) in [5.41, 5.74) is 21.3. The number of furan rings is 1. The average molecular weight is 985 g/mol. The Labute approximate surface area is 434 Å². The summed E-state index contributed by atoms with van der Waals surface area (Å²) in [4.78, 5) is 15.9. The van der Waals surface area contributed by atoms with Gasteiger partial charge in [-0.3, -0.25) is 4.98 Å². The quantitative estimate of drug-likeness (QED) is 0.147. The second-order valence-corrected chi connectivity index (χ2v) is 19.5. The fourth-order valence-electron chi connectivity index (χ4n) is 11.2. The Hall–Kier alpha value is -10.3. The van der Waals surface area contributed by atoms with E-state index in [1.165, 1.54) is 5.69 Å². The summed E-state index contributed by atoms with van der Waals surface area (Å²) in [6, 6.07) is 61.8. The zero-order valence-corrected chi connectivity index (χ0v) is 41.8. The number of pyridine rings is 3. The first-order valence-electron chi connectivity index (χ1n) is 25.1. The van der Waals surface area contributed by atoms with Gasteiger partial charge in [0, 0.05) is 82.7 Å². The van der Waals surface area contributed by atoms with E-state index in [0.29, 0.717) is 0 Å². The number of benzene rings is 6. The summed E-state index contributed by atoms with van der Waals surface area (Å²) in [5, 5.41) is 20.0. The van der Waals surface area contributed by atoms with Gasteiger partial charge >= 0.3 is 0 Å². The molecule has 0 saturated carbocycles. The van der Waals surface area contributed by atoms with Crippen molar-refractivity contribution in [1.82, 2.24) is 58.2 Å². The lowest BCUT2D eigenvalue weighted by atomic mass is 10.0. The van der Waals surface area contributed by atoms with E-state index >= 15 is 0 Å². The van der Waals surface area contributed by atoms with Gasteiger partial charge in [0.05, 0.1) is 50.4 Å². The number of para-hydroxylation sites is 1. The van der Waals surface area contributed by atoms with Crippen LogP contribution in [0.2, 0.25) is 0 Å². The number of aryl methyl sites for hydroxylation is 3. The molecule has 362 valence electrons. The van der Waals surface area contributed by atoms with Gasteiger partial charge in [0.15, 0.2) is 11.6 Å².